The van der Waals surface area contributed by atoms with Gasteiger partial charge in [-0.2, -0.15) is 13.2 Å². The molecule has 0 spiro atoms. The number of alkyl halides is 3. The van der Waals surface area contributed by atoms with E-state index in [0.29, 0.717) is 5.02 Å². The molecule has 0 saturated carbocycles. The maximum absolute atomic E-state index is 13.0. The van der Waals surface area contributed by atoms with Gasteiger partial charge in [0.1, 0.15) is 5.75 Å². The van der Waals surface area contributed by atoms with Crippen molar-refractivity contribution in [1.82, 2.24) is 0 Å². The van der Waals surface area contributed by atoms with Crippen molar-refractivity contribution in [2.24, 2.45) is 0 Å². The Labute approximate surface area is 134 Å². The van der Waals surface area contributed by atoms with E-state index >= 15 is 0 Å². The minimum absolute atomic E-state index is 0.172. The van der Waals surface area contributed by atoms with Crippen molar-refractivity contribution in [3.63, 3.8) is 0 Å². The van der Waals surface area contributed by atoms with E-state index < -0.39 is 11.7 Å². The standard InChI is InChI=1S/C14H8Cl3F3O/c1-21-12-3-2-7(4-9(12)14(18,19)20)13-10(16)5-8(15)6-11(13)17/h2-6H,1H3. The quantitative estimate of drug-likeness (QED) is 0.610. The molecule has 2 aromatic carbocycles. The summed E-state index contributed by atoms with van der Waals surface area (Å²) in [6.07, 6.45) is -4.55. The van der Waals surface area contributed by atoms with Crippen molar-refractivity contribution in [2.75, 3.05) is 7.11 Å². The maximum atomic E-state index is 13.0. The highest BCUT2D eigenvalue weighted by molar-refractivity contribution is 6.41. The monoisotopic (exact) mass is 354 g/mol. The maximum Gasteiger partial charge on any atom is 0.419 e. The molecule has 2 rings (SSSR count). The molecule has 0 radical (unpaired) electrons. The Balaban J connectivity index is 2.67. The van der Waals surface area contributed by atoms with E-state index in [1.165, 1.54) is 31.4 Å². The normalized spacial score (nSPS) is 11.6. The lowest BCUT2D eigenvalue weighted by molar-refractivity contribution is -0.138. The zero-order valence-electron chi connectivity index (χ0n) is 10.6. The second-order valence-corrected chi connectivity index (χ2v) is 5.41. The Kier molecular flexibility index (Phi) is 4.61. The largest absolute Gasteiger partial charge is 0.496 e. The van der Waals surface area contributed by atoms with Gasteiger partial charge in [-0.05, 0) is 29.8 Å². The summed E-state index contributed by atoms with van der Waals surface area (Å²) in [6.45, 7) is 0. The lowest BCUT2D eigenvalue weighted by Gasteiger charge is -2.15. The fraction of sp³-hybridized carbons (Fsp3) is 0.143. The predicted octanol–water partition coefficient (Wildman–Crippen LogP) is 6.34. The average molecular weight is 356 g/mol. The Morgan fingerprint density at radius 2 is 1.52 bits per heavy atom. The molecule has 112 valence electrons. The molecule has 1 nitrogen and oxygen atoms in total. The van der Waals surface area contributed by atoms with Crippen molar-refractivity contribution in [3.8, 4) is 16.9 Å². The Hall–Kier alpha value is -1.10. The third kappa shape index (κ3) is 3.39. The molecule has 0 heterocycles. The van der Waals surface area contributed by atoms with Crippen LogP contribution in [0, 0.1) is 0 Å². The van der Waals surface area contributed by atoms with Crippen LogP contribution in [0.2, 0.25) is 15.1 Å². The summed E-state index contributed by atoms with van der Waals surface area (Å²) in [4.78, 5) is 0. The molecule has 0 amide bonds. The fourth-order valence-corrected chi connectivity index (χ4v) is 2.94. The second-order valence-electron chi connectivity index (χ2n) is 4.16. The number of rotatable bonds is 2. The summed E-state index contributed by atoms with van der Waals surface area (Å²) in [5.41, 5.74) is -0.379. The minimum atomic E-state index is -4.55. The summed E-state index contributed by atoms with van der Waals surface area (Å²) in [7, 11) is 1.17. The van der Waals surface area contributed by atoms with Crippen LogP contribution in [0.25, 0.3) is 11.1 Å². The van der Waals surface area contributed by atoms with Crippen LogP contribution in [0.5, 0.6) is 5.75 Å². The first kappa shape index (κ1) is 16.3. The van der Waals surface area contributed by atoms with Crippen LogP contribution in [0.3, 0.4) is 0 Å². The van der Waals surface area contributed by atoms with Gasteiger partial charge in [0.05, 0.1) is 22.7 Å². The molecule has 0 fully saturated rings. The van der Waals surface area contributed by atoms with Gasteiger partial charge in [-0.3, -0.25) is 0 Å². The van der Waals surface area contributed by atoms with E-state index in [1.807, 2.05) is 0 Å². The zero-order chi connectivity index (χ0) is 15.8. The van der Waals surface area contributed by atoms with Crippen molar-refractivity contribution >= 4 is 34.8 Å². The second kappa shape index (κ2) is 5.95. The van der Waals surface area contributed by atoms with Gasteiger partial charge in [-0.1, -0.05) is 40.9 Å². The first-order chi connectivity index (χ1) is 9.74. The molecular weight excluding hydrogens is 348 g/mol. The van der Waals surface area contributed by atoms with Crippen LogP contribution in [0.15, 0.2) is 30.3 Å². The van der Waals surface area contributed by atoms with Crippen molar-refractivity contribution in [3.05, 3.63) is 51.0 Å². The number of methoxy groups -OCH3 is 1. The first-order valence-corrected chi connectivity index (χ1v) is 6.77. The topological polar surface area (TPSA) is 9.23 Å². The molecule has 0 bridgehead atoms. The smallest absolute Gasteiger partial charge is 0.419 e. The molecule has 7 heteroatoms. The van der Waals surface area contributed by atoms with Crippen LogP contribution < -0.4 is 4.74 Å². The lowest BCUT2D eigenvalue weighted by atomic mass is 10.0. The van der Waals surface area contributed by atoms with E-state index in [1.54, 1.807) is 0 Å². The SMILES string of the molecule is COc1ccc(-c2c(Cl)cc(Cl)cc2Cl)cc1C(F)(F)F. The van der Waals surface area contributed by atoms with E-state index in [4.69, 9.17) is 39.5 Å². The highest BCUT2D eigenvalue weighted by Gasteiger charge is 2.34. The van der Waals surface area contributed by atoms with Crippen LogP contribution in [0.4, 0.5) is 13.2 Å². The Bertz CT molecular complexity index is 661. The van der Waals surface area contributed by atoms with Gasteiger partial charge in [0.2, 0.25) is 0 Å². The number of halogens is 6. The third-order valence-corrected chi connectivity index (χ3v) is 3.61. The van der Waals surface area contributed by atoms with Crippen LogP contribution in [0.1, 0.15) is 5.56 Å². The summed E-state index contributed by atoms with van der Waals surface area (Å²) in [5, 5.41) is 0.648. The summed E-state index contributed by atoms with van der Waals surface area (Å²) < 4.78 is 43.8. The van der Waals surface area contributed by atoms with Gasteiger partial charge in [0.25, 0.3) is 0 Å². The molecule has 0 unspecified atom stereocenters. The summed E-state index contributed by atoms with van der Waals surface area (Å²) >= 11 is 17.8. The average Bonchev–Trinajstić information content (AvgIpc) is 2.36. The number of hydrogen-bond acceptors (Lipinski definition) is 1. The van der Waals surface area contributed by atoms with Gasteiger partial charge in [0, 0.05) is 10.6 Å². The van der Waals surface area contributed by atoms with Gasteiger partial charge < -0.3 is 4.74 Å². The highest BCUT2D eigenvalue weighted by atomic mass is 35.5. The van der Waals surface area contributed by atoms with Gasteiger partial charge in [0.15, 0.2) is 0 Å². The first-order valence-electron chi connectivity index (χ1n) is 5.64. The molecule has 0 aliphatic carbocycles. The zero-order valence-corrected chi connectivity index (χ0v) is 12.8. The minimum Gasteiger partial charge on any atom is -0.496 e. The molecule has 0 N–H and O–H groups in total. The number of hydrogen-bond donors (Lipinski definition) is 0. The van der Waals surface area contributed by atoms with Gasteiger partial charge in [-0.25, -0.2) is 0 Å². The molecule has 2 aromatic rings. The molecule has 0 aliphatic heterocycles. The highest BCUT2D eigenvalue weighted by Crippen LogP contribution is 2.42. The molecule has 21 heavy (non-hydrogen) atoms. The fourth-order valence-electron chi connectivity index (χ4n) is 1.90. The molecular formula is C14H8Cl3F3O. The molecule has 0 aromatic heterocycles. The number of ether oxygens (including phenoxy) is 1. The van der Waals surface area contributed by atoms with Crippen LogP contribution in [-0.2, 0) is 6.18 Å². The molecule has 0 aliphatic rings. The van der Waals surface area contributed by atoms with Crippen molar-refractivity contribution in [2.45, 2.75) is 6.18 Å². The molecule has 0 atom stereocenters. The summed E-state index contributed by atoms with van der Waals surface area (Å²) in [6, 6.07) is 6.46. The van der Waals surface area contributed by atoms with E-state index in [-0.39, 0.29) is 26.9 Å². The molecule has 0 saturated heterocycles. The van der Waals surface area contributed by atoms with E-state index in [9.17, 15) is 13.2 Å². The van der Waals surface area contributed by atoms with Gasteiger partial charge >= 0.3 is 6.18 Å². The number of benzene rings is 2. The van der Waals surface area contributed by atoms with Gasteiger partial charge in [-0.15, -0.1) is 0 Å². The lowest BCUT2D eigenvalue weighted by Crippen LogP contribution is -2.07. The van der Waals surface area contributed by atoms with E-state index in [0.717, 1.165) is 6.07 Å². The van der Waals surface area contributed by atoms with Crippen LogP contribution >= 0.6 is 34.8 Å². The van der Waals surface area contributed by atoms with Crippen molar-refractivity contribution in [1.29, 1.82) is 0 Å². The predicted molar refractivity (Wildman–Crippen MR) is 78.5 cm³/mol. The Morgan fingerprint density at radius 1 is 0.952 bits per heavy atom. The van der Waals surface area contributed by atoms with Crippen molar-refractivity contribution < 1.29 is 17.9 Å². The summed E-state index contributed by atoms with van der Waals surface area (Å²) in [5.74, 6) is -0.271. The third-order valence-electron chi connectivity index (χ3n) is 2.80. The Morgan fingerprint density at radius 3 is 2.00 bits per heavy atom. The van der Waals surface area contributed by atoms with Crippen LogP contribution in [-0.4, -0.2) is 7.11 Å². The van der Waals surface area contributed by atoms with E-state index in [2.05, 4.69) is 0 Å².